The van der Waals surface area contributed by atoms with Crippen LogP contribution in [0.5, 0.6) is 0 Å². The molecule has 6 N–H and O–H groups in total. The normalized spacial score (nSPS) is 12.4. The summed E-state index contributed by atoms with van der Waals surface area (Å²) >= 11 is 5.87. The molecule has 36 heavy (non-hydrogen) atoms. The van der Waals surface area contributed by atoms with Crippen molar-refractivity contribution in [3.8, 4) is 0 Å². The van der Waals surface area contributed by atoms with Crippen molar-refractivity contribution in [1.29, 1.82) is 0 Å². The van der Waals surface area contributed by atoms with Gasteiger partial charge in [-0.3, -0.25) is 14.4 Å². The molecule has 1 heterocycles. The van der Waals surface area contributed by atoms with Crippen molar-refractivity contribution >= 4 is 46.3 Å². The molecule has 2 aromatic carbocycles. The van der Waals surface area contributed by atoms with Gasteiger partial charge < -0.3 is 31.2 Å². The molecule has 0 saturated heterocycles. The maximum absolute atomic E-state index is 13.0. The van der Waals surface area contributed by atoms with E-state index in [9.17, 15) is 29.1 Å². The number of nitrogens with one attached hydrogen (secondary N) is 3. The Morgan fingerprint density at radius 3 is 2.39 bits per heavy atom. The number of hydrogen-bond donors (Lipinski definition) is 5. The van der Waals surface area contributed by atoms with Gasteiger partial charge in [0.05, 0.1) is 6.54 Å². The third-order valence-corrected chi connectivity index (χ3v) is 5.42. The first-order valence-corrected chi connectivity index (χ1v) is 11.1. The number of amides is 2. The molecule has 0 saturated carbocycles. The molecule has 2 atom stereocenters. The van der Waals surface area contributed by atoms with E-state index < -0.39 is 54.5 Å². The number of hydrogen-bond acceptors (Lipinski definition) is 7. The number of carbonyl (C=O) groups is 4. The number of aromatic nitrogens is 1. The fraction of sp³-hybridized carbons (Fsp3) is 0.208. The van der Waals surface area contributed by atoms with Crippen LogP contribution in [-0.2, 0) is 25.5 Å². The molecule has 1 aromatic heterocycles. The summed E-state index contributed by atoms with van der Waals surface area (Å²) in [6, 6.07) is 11.3. The number of pyridine rings is 1. The van der Waals surface area contributed by atoms with Crippen LogP contribution in [0.4, 0.5) is 0 Å². The van der Waals surface area contributed by atoms with Gasteiger partial charge >= 0.3 is 11.9 Å². The highest BCUT2D eigenvalue weighted by molar-refractivity contribution is 6.30. The van der Waals surface area contributed by atoms with Gasteiger partial charge in [-0.15, -0.1) is 0 Å². The number of para-hydroxylation sites is 1. The van der Waals surface area contributed by atoms with E-state index in [1.165, 1.54) is 30.3 Å². The van der Waals surface area contributed by atoms with Gasteiger partial charge in [-0.25, -0.2) is 9.59 Å². The van der Waals surface area contributed by atoms with Gasteiger partial charge in [-0.05, 0) is 35.9 Å². The van der Waals surface area contributed by atoms with Gasteiger partial charge in [-0.1, -0.05) is 29.8 Å². The zero-order valence-electron chi connectivity index (χ0n) is 18.8. The van der Waals surface area contributed by atoms with Crippen molar-refractivity contribution in [3.63, 3.8) is 0 Å². The van der Waals surface area contributed by atoms with Crippen LogP contribution >= 0.6 is 11.6 Å². The zero-order chi connectivity index (χ0) is 26.2. The Morgan fingerprint density at radius 2 is 1.72 bits per heavy atom. The number of rotatable bonds is 10. The molecule has 3 rings (SSSR count). The Balaban J connectivity index is 1.87. The van der Waals surface area contributed by atoms with Crippen LogP contribution < -0.4 is 21.9 Å². The first-order valence-electron chi connectivity index (χ1n) is 10.7. The highest BCUT2D eigenvalue weighted by Gasteiger charge is 2.28. The third kappa shape index (κ3) is 6.90. The van der Waals surface area contributed by atoms with Gasteiger partial charge in [0.2, 0.25) is 11.5 Å². The summed E-state index contributed by atoms with van der Waals surface area (Å²) < 4.78 is 5.15. The molecule has 11 nitrogen and oxygen atoms in total. The number of nitrogens with two attached hydrogens (primary N) is 1. The minimum Gasteiger partial charge on any atom is -0.480 e. The maximum Gasteiger partial charge on any atom is 0.329 e. The summed E-state index contributed by atoms with van der Waals surface area (Å²) in [4.78, 5) is 63.6. The Hall–Kier alpha value is -4.22. The molecule has 0 bridgehead atoms. The molecule has 0 radical (unpaired) electrons. The number of esters is 1. The van der Waals surface area contributed by atoms with Crippen LogP contribution in [0.3, 0.4) is 0 Å². The third-order valence-electron chi connectivity index (χ3n) is 5.17. The number of carbonyl (C=O) groups excluding carboxylic acids is 3. The van der Waals surface area contributed by atoms with Crippen LogP contribution in [0, 0.1) is 0 Å². The minimum atomic E-state index is -1.54. The monoisotopic (exact) mass is 514 g/mol. The molecule has 0 aliphatic heterocycles. The first-order chi connectivity index (χ1) is 17.2. The molecule has 0 aliphatic rings. The SMILES string of the molecule is NCC(=O)N[C@@H](COC(=O)C(Cc1cc(=O)[nH]c2ccccc12)NC(=O)c1ccc(Cl)cc1)C(=O)O. The van der Waals surface area contributed by atoms with E-state index >= 15 is 0 Å². The lowest BCUT2D eigenvalue weighted by atomic mass is 10.0. The smallest absolute Gasteiger partial charge is 0.329 e. The Morgan fingerprint density at radius 1 is 1.03 bits per heavy atom. The average molecular weight is 515 g/mol. The second-order valence-electron chi connectivity index (χ2n) is 7.73. The Labute approximate surface area is 209 Å². The highest BCUT2D eigenvalue weighted by Crippen LogP contribution is 2.17. The van der Waals surface area contributed by atoms with Crippen LogP contribution in [0.25, 0.3) is 10.9 Å². The molecule has 3 aromatic rings. The molecule has 0 fully saturated rings. The molecule has 0 aliphatic carbocycles. The van der Waals surface area contributed by atoms with Gasteiger partial charge in [0.15, 0.2) is 6.04 Å². The van der Waals surface area contributed by atoms with Crippen molar-refractivity contribution in [2.45, 2.75) is 18.5 Å². The van der Waals surface area contributed by atoms with E-state index in [1.54, 1.807) is 24.3 Å². The minimum absolute atomic E-state index is 0.129. The van der Waals surface area contributed by atoms with Crippen LogP contribution in [0.1, 0.15) is 15.9 Å². The number of benzene rings is 2. The number of H-pyrrole nitrogens is 1. The Kier molecular flexibility index (Phi) is 8.76. The quantitative estimate of drug-likeness (QED) is 0.244. The van der Waals surface area contributed by atoms with E-state index in [4.69, 9.17) is 22.1 Å². The fourth-order valence-corrected chi connectivity index (χ4v) is 3.52. The predicted molar refractivity (Wildman–Crippen MR) is 131 cm³/mol. The molecule has 0 spiro atoms. The maximum atomic E-state index is 13.0. The first kappa shape index (κ1) is 26.4. The Bertz CT molecular complexity index is 1340. The molecule has 12 heteroatoms. The van der Waals surface area contributed by atoms with Crippen molar-refractivity contribution in [1.82, 2.24) is 15.6 Å². The summed E-state index contributed by atoms with van der Waals surface area (Å²) in [7, 11) is 0. The van der Waals surface area contributed by atoms with Gasteiger partial charge in [0.25, 0.3) is 5.91 Å². The molecule has 2 amide bonds. The van der Waals surface area contributed by atoms with Gasteiger partial charge in [0, 0.05) is 34.0 Å². The number of carboxylic acids is 1. The summed E-state index contributed by atoms with van der Waals surface area (Å²) in [6.07, 6.45) is -0.129. The summed E-state index contributed by atoms with van der Waals surface area (Å²) in [5, 5.41) is 15.1. The molecular formula is C24H23ClN4O7. The lowest BCUT2D eigenvalue weighted by Crippen LogP contribution is -2.49. The lowest BCUT2D eigenvalue weighted by Gasteiger charge is -2.20. The van der Waals surface area contributed by atoms with Crippen molar-refractivity contribution in [2.75, 3.05) is 13.2 Å². The van der Waals surface area contributed by atoms with E-state index in [0.29, 0.717) is 21.5 Å². The molecule has 188 valence electrons. The van der Waals surface area contributed by atoms with Crippen LogP contribution in [0.15, 0.2) is 59.4 Å². The number of ether oxygens (including phenoxy) is 1. The van der Waals surface area contributed by atoms with Gasteiger partial charge in [-0.2, -0.15) is 0 Å². The summed E-state index contributed by atoms with van der Waals surface area (Å²) in [5.41, 5.74) is 5.99. The lowest BCUT2D eigenvalue weighted by molar-refractivity contribution is -0.151. The highest BCUT2D eigenvalue weighted by atomic mass is 35.5. The van der Waals surface area contributed by atoms with E-state index in [2.05, 4.69) is 15.6 Å². The predicted octanol–water partition coefficient (Wildman–Crippen LogP) is 0.594. The summed E-state index contributed by atoms with van der Waals surface area (Å²) in [6.45, 7) is -1.16. The van der Waals surface area contributed by atoms with Crippen molar-refractivity contribution in [3.05, 3.63) is 81.1 Å². The largest absolute Gasteiger partial charge is 0.480 e. The topological polar surface area (TPSA) is 181 Å². The number of fused-ring (bicyclic) bond motifs is 1. The number of aromatic amines is 1. The second-order valence-corrected chi connectivity index (χ2v) is 8.17. The zero-order valence-corrected chi connectivity index (χ0v) is 19.6. The van der Waals surface area contributed by atoms with Crippen LogP contribution in [-0.4, -0.2) is 59.1 Å². The van der Waals surface area contributed by atoms with E-state index in [1.807, 2.05) is 0 Å². The van der Waals surface area contributed by atoms with Crippen molar-refractivity contribution < 1.29 is 29.0 Å². The van der Waals surface area contributed by atoms with E-state index in [0.717, 1.165) is 0 Å². The number of aliphatic carboxylic acids is 1. The van der Waals surface area contributed by atoms with E-state index in [-0.39, 0.29) is 12.0 Å². The molecular weight excluding hydrogens is 492 g/mol. The van der Waals surface area contributed by atoms with Crippen LogP contribution in [0.2, 0.25) is 5.02 Å². The molecule has 1 unspecified atom stereocenters. The van der Waals surface area contributed by atoms with Gasteiger partial charge in [0.1, 0.15) is 12.6 Å². The average Bonchev–Trinajstić information content (AvgIpc) is 2.85. The summed E-state index contributed by atoms with van der Waals surface area (Å²) in [5.74, 6) is -3.77. The fourth-order valence-electron chi connectivity index (χ4n) is 3.40. The second kappa shape index (κ2) is 12.0. The van der Waals surface area contributed by atoms with Crippen molar-refractivity contribution in [2.24, 2.45) is 5.73 Å². The standard InChI is InChI=1S/C24H23ClN4O7/c25-15-7-5-13(6-8-15)22(32)29-18(24(35)36-12-19(23(33)34)28-21(31)11-26)9-14-10-20(30)27-17-4-2-1-3-16(14)17/h1-8,10,18-19H,9,11-12,26H2,(H,27,30)(H,28,31)(H,29,32)(H,33,34)/t18?,19-/m0/s1. The number of carboxylic acid groups (broad SMARTS) is 1. The number of halogens is 1.